The summed E-state index contributed by atoms with van der Waals surface area (Å²) in [5, 5.41) is 9.42. The van der Waals surface area contributed by atoms with E-state index in [9.17, 15) is 31.9 Å². The Morgan fingerprint density at radius 3 is 2.42 bits per heavy atom. The van der Waals surface area contributed by atoms with E-state index in [0.717, 1.165) is 6.20 Å². The van der Waals surface area contributed by atoms with Gasteiger partial charge in [0.15, 0.2) is 11.5 Å². The van der Waals surface area contributed by atoms with Gasteiger partial charge in [0, 0.05) is 42.7 Å². The summed E-state index contributed by atoms with van der Waals surface area (Å²) in [6, 6.07) is 1.74. The fourth-order valence-corrected chi connectivity index (χ4v) is 7.08. The molecule has 3 aromatic rings. The van der Waals surface area contributed by atoms with Crippen LogP contribution in [0.25, 0.3) is 11.3 Å². The van der Waals surface area contributed by atoms with Crippen molar-refractivity contribution in [1.29, 1.82) is 0 Å². The van der Waals surface area contributed by atoms with Crippen molar-refractivity contribution in [2.45, 2.75) is 96.2 Å². The number of likely N-dealkylation sites (tertiary alicyclic amines) is 1. The van der Waals surface area contributed by atoms with Gasteiger partial charge < -0.3 is 29.0 Å². The molecule has 2 N–H and O–H groups in total. The Labute approximate surface area is 297 Å². The van der Waals surface area contributed by atoms with Gasteiger partial charge in [-0.2, -0.15) is 23.3 Å². The monoisotopic (exact) mass is 734 g/mol. The Balaban J connectivity index is 1.09. The normalized spacial score (nSPS) is 21.7. The predicted molar refractivity (Wildman–Crippen MR) is 177 cm³/mol. The number of piperidine rings is 1. The van der Waals surface area contributed by atoms with Gasteiger partial charge in [-0.05, 0) is 66.4 Å². The standard InChI is InChI=1S/C34H42F4N8O6/c1-18-16-44(17-19(2)46(18)31(49)52-32(3,4)5)30-41-25(27(51-30)34(36,37)38)15-40-28(47)20-7-10-45(33(13-20)8-9-33)29(48)24-12-23(42-43-24)21-11-26(50-6)39-14-22(21)35/h11-12,14,18-20H,7-10,13,15-17H2,1-6H3,(H,40,47)(H,42,43)/t18-,19+,20-/m0/s1. The van der Waals surface area contributed by atoms with Crippen LogP contribution in [-0.4, -0.2) is 97.8 Å². The van der Waals surface area contributed by atoms with Gasteiger partial charge in [0.05, 0.1) is 37.6 Å². The third-order valence-corrected chi connectivity index (χ3v) is 9.64. The zero-order valence-electron chi connectivity index (χ0n) is 29.8. The number of aromatic amines is 1. The van der Waals surface area contributed by atoms with Gasteiger partial charge in [0.2, 0.25) is 17.5 Å². The van der Waals surface area contributed by atoms with Gasteiger partial charge in [0.1, 0.15) is 11.3 Å². The van der Waals surface area contributed by atoms with Crippen LogP contribution in [0.3, 0.4) is 0 Å². The first-order valence-electron chi connectivity index (χ1n) is 17.1. The SMILES string of the molecule is COc1cc(-c2cc(C(=O)N3CC[C@H](C(=O)NCc4nc(N5C[C@@H](C)N(C(=O)OC(C)(C)C)[C@@H](C)C5)oc4C(F)(F)F)CC34CC4)n[nH]2)c(F)cn1. The van der Waals surface area contributed by atoms with Crippen molar-refractivity contribution in [2.24, 2.45) is 5.92 Å². The molecule has 6 rings (SSSR count). The number of hydrogen-bond acceptors (Lipinski definition) is 10. The molecule has 2 aliphatic heterocycles. The molecule has 3 aliphatic rings. The van der Waals surface area contributed by atoms with Crippen LogP contribution in [0.2, 0.25) is 0 Å². The fourth-order valence-electron chi connectivity index (χ4n) is 7.08. The quantitative estimate of drug-likeness (QED) is 0.311. The van der Waals surface area contributed by atoms with Gasteiger partial charge in [-0.25, -0.2) is 14.2 Å². The van der Waals surface area contributed by atoms with Crippen LogP contribution in [0.5, 0.6) is 5.88 Å². The van der Waals surface area contributed by atoms with Crippen LogP contribution in [-0.2, 0) is 22.3 Å². The summed E-state index contributed by atoms with van der Waals surface area (Å²) in [5.41, 5.74) is -1.29. The second-order valence-electron chi connectivity index (χ2n) is 14.7. The highest BCUT2D eigenvalue weighted by Gasteiger charge is 2.55. The number of pyridine rings is 1. The van der Waals surface area contributed by atoms with Gasteiger partial charge in [-0.3, -0.25) is 19.6 Å². The summed E-state index contributed by atoms with van der Waals surface area (Å²) < 4.78 is 72.6. The van der Waals surface area contributed by atoms with Crippen molar-refractivity contribution < 1.29 is 45.8 Å². The van der Waals surface area contributed by atoms with E-state index in [1.165, 1.54) is 19.2 Å². The first kappa shape index (κ1) is 36.9. The molecule has 3 amide bonds. The van der Waals surface area contributed by atoms with Crippen molar-refractivity contribution in [1.82, 2.24) is 35.3 Å². The highest BCUT2D eigenvalue weighted by molar-refractivity contribution is 5.94. The first-order valence-corrected chi connectivity index (χ1v) is 17.1. The van der Waals surface area contributed by atoms with Crippen molar-refractivity contribution in [2.75, 3.05) is 31.6 Å². The molecular weight excluding hydrogens is 692 g/mol. The van der Waals surface area contributed by atoms with Gasteiger partial charge in [0.25, 0.3) is 11.9 Å². The number of ether oxygens (including phenoxy) is 2. The maximum atomic E-state index is 14.5. The number of rotatable bonds is 7. The number of carbonyl (C=O) groups excluding carboxylic acids is 3. The van der Waals surface area contributed by atoms with E-state index in [1.807, 2.05) is 0 Å². The third-order valence-electron chi connectivity index (χ3n) is 9.64. The van der Waals surface area contributed by atoms with Crippen molar-refractivity contribution in [3.8, 4) is 17.1 Å². The summed E-state index contributed by atoms with van der Waals surface area (Å²) in [5.74, 6) is -3.12. The largest absolute Gasteiger partial charge is 0.481 e. The summed E-state index contributed by atoms with van der Waals surface area (Å²) >= 11 is 0. The minimum absolute atomic E-state index is 0.0795. The highest BCUT2D eigenvalue weighted by atomic mass is 19.4. The van der Waals surface area contributed by atoms with Crippen molar-refractivity contribution in [3.05, 3.63) is 41.3 Å². The Hall–Kier alpha value is -4.90. The summed E-state index contributed by atoms with van der Waals surface area (Å²) in [4.78, 5) is 52.5. The summed E-state index contributed by atoms with van der Waals surface area (Å²) in [6.07, 6.45) is -2.47. The fraction of sp³-hybridized carbons (Fsp3) is 0.588. The second-order valence-corrected chi connectivity index (χ2v) is 14.7. The van der Waals surface area contributed by atoms with Gasteiger partial charge >= 0.3 is 12.3 Å². The number of methoxy groups -OCH3 is 1. The number of carbonyl (C=O) groups is 3. The summed E-state index contributed by atoms with van der Waals surface area (Å²) in [6.45, 7) is 8.80. The molecule has 3 fully saturated rings. The molecule has 1 saturated carbocycles. The lowest BCUT2D eigenvalue weighted by Gasteiger charge is -2.43. The minimum Gasteiger partial charge on any atom is -0.481 e. The molecule has 3 atom stereocenters. The number of oxazole rings is 1. The van der Waals surface area contributed by atoms with Crippen LogP contribution >= 0.6 is 0 Å². The average molecular weight is 735 g/mol. The maximum Gasteiger partial charge on any atom is 0.451 e. The Bertz CT molecular complexity index is 1820. The number of nitrogens with zero attached hydrogens (tertiary/aromatic N) is 6. The van der Waals surface area contributed by atoms with E-state index < -0.39 is 71.1 Å². The van der Waals surface area contributed by atoms with Crippen LogP contribution in [0.1, 0.15) is 82.2 Å². The molecule has 0 aromatic carbocycles. The topological polar surface area (TPSA) is 159 Å². The van der Waals surface area contributed by atoms with Crippen molar-refractivity contribution in [3.63, 3.8) is 0 Å². The van der Waals surface area contributed by atoms with Gasteiger partial charge in [-0.15, -0.1) is 0 Å². The van der Waals surface area contributed by atoms with Crippen LogP contribution in [0.4, 0.5) is 28.4 Å². The Kier molecular flexibility index (Phi) is 9.63. The van der Waals surface area contributed by atoms with Crippen LogP contribution in [0.15, 0.2) is 22.7 Å². The van der Waals surface area contributed by atoms with E-state index in [-0.39, 0.29) is 60.8 Å². The zero-order valence-corrected chi connectivity index (χ0v) is 29.8. The number of piperazine rings is 1. The molecule has 282 valence electrons. The lowest BCUT2D eigenvalue weighted by molar-refractivity contribution is -0.153. The van der Waals surface area contributed by atoms with E-state index in [1.54, 1.807) is 49.3 Å². The van der Waals surface area contributed by atoms with E-state index in [2.05, 4.69) is 25.5 Å². The number of nitrogens with one attached hydrogen (secondary N) is 2. The van der Waals surface area contributed by atoms with Crippen molar-refractivity contribution >= 4 is 23.9 Å². The molecular formula is C34H42F4N8O6. The lowest BCUT2D eigenvalue weighted by Crippen LogP contribution is -2.59. The molecule has 1 spiro atoms. The molecule has 5 heterocycles. The number of aromatic nitrogens is 4. The molecule has 0 unspecified atom stereocenters. The smallest absolute Gasteiger partial charge is 0.451 e. The number of H-pyrrole nitrogens is 1. The molecule has 0 radical (unpaired) electrons. The molecule has 3 aromatic heterocycles. The minimum atomic E-state index is -4.87. The van der Waals surface area contributed by atoms with E-state index >= 15 is 0 Å². The molecule has 18 heteroatoms. The zero-order chi connectivity index (χ0) is 37.7. The highest BCUT2D eigenvalue weighted by Crippen LogP contribution is 2.50. The van der Waals surface area contributed by atoms with Crippen LogP contribution < -0.4 is 15.0 Å². The second kappa shape index (κ2) is 13.6. The molecule has 52 heavy (non-hydrogen) atoms. The number of alkyl halides is 3. The Morgan fingerprint density at radius 1 is 1.12 bits per heavy atom. The Morgan fingerprint density at radius 2 is 1.81 bits per heavy atom. The van der Waals surface area contributed by atoms with Crippen LogP contribution in [0, 0.1) is 11.7 Å². The number of hydrogen-bond donors (Lipinski definition) is 2. The summed E-state index contributed by atoms with van der Waals surface area (Å²) in [7, 11) is 1.40. The molecule has 1 aliphatic carbocycles. The molecule has 2 saturated heterocycles. The third kappa shape index (κ3) is 7.51. The lowest BCUT2D eigenvalue weighted by atomic mass is 9.88. The van der Waals surface area contributed by atoms with E-state index in [4.69, 9.17) is 13.9 Å². The molecule has 0 bridgehead atoms. The number of amides is 3. The average Bonchev–Trinajstić information content (AvgIpc) is 3.43. The number of halogens is 4. The first-order chi connectivity index (χ1) is 24.4. The number of anilines is 1. The van der Waals surface area contributed by atoms with Gasteiger partial charge in [-0.1, -0.05) is 0 Å². The maximum absolute atomic E-state index is 14.5. The predicted octanol–water partition coefficient (Wildman–Crippen LogP) is 5.16. The van der Waals surface area contributed by atoms with E-state index in [0.29, 0.717) is 19.3 Å². The molecule has 14 nitrogen and oxygen atoms in total.